The van der Waals surface area contributed by atoms with Crippen LogP contribution in [0.3, 0.4) is 0 Å². The average molecular weight is 528 g/mol. The quantitative estimate of drug-likeness (QED) is 0.177. The molecule has 0 amide bonds. The summed E-state index contributed by atoms with van der Waals surface area (Å²) in [4.78, 5) is 46.8. The zero-order valence-corrected chi connectivity index (χ0v) is 24.3. The van der Waals surface area contributed by atoms with E-state index >= 15 is 0 Å². The molecule has 0 radical (unpaired) electrons. The number of carboxylic acid groups (broad SMARTS) is 2. The zero-order chi connectivity index (χ0) is 24.9. The molecule has 184 valence electrons. The summed E-state index contributed by atoms with van der Waals surface area (Å²) in [5, 5.41) is 18.4. The van der Waals surface area contributed by atoms with E-state index in [4.69, 9.17) is 28.5 Å². The molecule has 2 heterocycles. The van der Waals surface area contributed by atoms with Crippen LogP contribution in [0.15, 0.2) is 67.0 Å². The van der Waals surface area contributed by atoms with E-state index in [2.05, 4.69) is 0 Å². The van der Waals surface area contributed by atoms with Gasteiger partial charge >= 0.3 is 71.1 Å². The predicted octanol–water partition coefficient (Wildman–Crippen LogP) is -1.84. The molecule has 0 spiro atoms. The molecule has 0 aliphatic rings. The van der Waals surface area contributed by atoms with Crippen LogP contribution in [-0.4, -0.2) is 35.4 Å². The molecule has 10 nitrogen and oxygen atoms in total. The molecule has 2 aromatic carbocycles. The molecule has 0 saturated carbocycles. The van der Waals surface area contributed by atoms with Gasteiger partial charge in [0, 0.05) is 12.1 Å². The van der Waals surface area contributed by atoms with Crippen molar-refractivity contribution in [2.24, 2.45) is 0 Å². The minimum atomic E-state index is -1.33. The molecule has 0 aliphatic carbocycles. The Labute approximate surface area is 256 Å². The van der Waals surface area contributed by atoms with Crippen molar-refractivity contribution >= 4 is 33.9 Å². The fourth-order valence-corrected chi connectivity index (χ4v) is 3.55. The van der Waals surface area contributed by atoms with Gasteiger partial charge < -0.3 is 31.4 Å². The van der Waals surface area contributed by atoms with Crippen LogP contribution in [0.2, 0.25) is 0 Å². The van der Waals surface area contributed by atoms with Gasteiger partial charge in [-0.25, -0.2) is 9.59 Å². The maximum Gasteiger partial charge on any atom is 1.00 e. The summed E-state index contributed by atoms with van der Waals surface area (Å²) in [6.07, 6.45) is 2.03. The third kappa shape index (κ3) is 7.25. The fourth-order valence-electron chi connectivity index (χ4n) is 3.55. The molecule has 0 atom stereocenters. The average Bonchev–Trinajstić information content (AvgIpc) is 2.82. The summed E-state index contributed by atoms with van der Waals surface area (Å²) in [6.45, 7) is 0.629. The Morgan fingerprint density at radius 1 is 0.703 bits per heavy atom. The van der Waals surface area contributed by atoms with Gasteiger partial charge in [-0.1, -0.05) is 12.1 Å². The number of rotatable bonds is 10. The Hall–Kier alpha value is -2.60. The number of hydrogen-bond donors (Lipinski definition) is 2. The normalized spacial score (nSPS) is 10.4. The van der Waals surface area contributed by atoms with Gasteiger partial charge in [0.2, 0.25) is 11.5 Å². The van der Waals surface area contributed by atoms with E-state index < -0.39 is 34.3 Å². The van der Waals surface area contributed by atoms with Crippen molar-refractivity contribution in [3.8, 4) is 11.5 Å². The van der Waals surface area contributed by atoms with Crippen LogP contribution in [-0.2, 0) is 0 Å². The molecule has 0 fully saturated rings. The third-order valence-electron chi connectivity index (χ3n) is 5.16. The Kier molecular flexibility index (Phi) is 11.4. The van der Waals surface area contributed by atoms with Gasteiger partial charge in [0.25, 0.3) is 0 Å². The van der Waals surface area contributed by atoms with Crippen LogP contribution < -0.4 is 79.4 Å². The van der Waals surface area contributed by atoms with E-state index in [9.17, 15) is 19.2 Å². The van der Waals surface area contributed by atoms with Crippen molar-refractivity contribution in [3.05, 3.63) is 80.5 Å². The summed E-state index contributed by atoms with van der Waals surface area (Å²) in [5.41, 5.74) is -0.725. The smallest absolute Gasteiger partial charge is 1.00 e. The van der Waals surface area contributed by atoms with E-state index in [1.165, 1.54) is 12.1 Å². The van der Waals surface area contributed by atoms with Crippen molar-refractivity contribution in [2.45, 2.75) is 19.3 Å². The number of aromatic carboxylic acids is 2. The van der Waals surface area contributed by atoms with Crippen LogP contribution in [0.25, 0.3) is 21.9 Å². The standard InChI is InChI=1S/C25H20O10.2Na.2H/c26-14-12-20(24(28)29)34-18-8-4-6-16(22(14)18)32-10-2-1-3-11-33-17-7-5-9-19-23(17)15(27)13-21(35-19)25(30)31;;;;/h4-9,12-13H,1-3,10-11H2,(H,28,29)(H,30,31);;;;/q;2*+1;2*-1. The van der Waals surface area contributed by atoms with Crippen LogP contribution in [0.5, 0.6) is 11.5 Å². The van der Waals surface area contributed by atoms with Gasteiger partial charge in [-0.2, -0.15) is 0 Å². The van der Waals surface area contributed by atoms with Crippen molar-refractivity contribution in [1.29, 1.82) is 0 Å². The van der Waals surface area contributed by atoms with Gasteiger partial charge in [-0.3, -0.25) is 9.59 Å². The topological polar surface area (TPSA) is 153 Å². The SMILES string of the molecule is O=C(O)c1cc(=O)c2c(OCCCCCOc3cccc4oc(C(=O)O)cc(=O)c34)cccc2o1.[H-].[H-].[Na+].[Na+]. The maximum atomic E-state index is 12.3. The van der Waals surface area contributed by atoms with E-state index in [1.54, 1.807) is 24.3 Å². The molecule has 37 heavy (non-hydrogen) atoms. The van der Waals surface area contributed by atoms with Crippen molar-refractivity contribution in [1.82, 2.24) is 0 Å². The first kappa shape index (κ1) is 30.6. The molecule has 12 heteroatoms. The first-order chi connectivity index (χ1) is 16.8. The number of carboxylic acids is 2. The second-order valence-electron chi connectivity index (χ2n) is 7.58. The van der Waals surface area contributed by atoms with E-state index in [1.807, 2.05) is 0 Å². The van der Waals surface area contributed by atoms with Crippen LogP contribution >= 0.6 is 0 Å². The van der Waals surface area contributed by atoms with E-state index in [0.29, 0.717) is 37.6 Å². The largest absolute Gasteiger partial charge is 1.00 e. The molecule has 2 N–H and O–H groups in total. The summed E-state index contributed by atoms with van der Waals surface area (Å²) in [7, 11) is 0. The molecular weight excluding hydrogens is 506 g/mol. The van der Waals surface area contributed by atoms with Crippen molar-refractivity contribution < 1.29 is 100 Å². The first-order valence-electron chi connectivity index (χ1n) is 10.7. The van der Waals surface area contributed by atoms with Gasteiger partial charge in [0.05, 0.1) is 13.2 Å². The summed E-state index contributed by atoms with van der Waals surface area (Å²) < 4.78 is 21.9. The maximum absolute atomic E-state index is 12.3. The van der Waals surface area contributed by atoms with Crippen LogP contribution in [0.4, 0.5) is 0 Å². The predicted molar refractivity (Wildman–Crippen MR) is 126 cm³/mol. The second kappa shape index (κ2) is 13.8. The number of ether oxygens (including phenoxy) is 2. The Balaban J connectivity index is 0.00000361. The molecule has 0 unspecified atom stereocenters. The molecule has 4 rings (SSSR count). The minimum absolute atomic E-state index is 0. The van der Waals surface area contributed by atoms with Crippen molar-refractivity contribution in [3.63, 3.8) is 0 Å². The molecule has 2 aromatic heterocycles. The summed E-state index contributed by atoms with van der Waals surface area (Å²) >= 11 is 0. The van der Waals surface area contributed by atoms with E-state index in [-0.39, 0.29) is 83.9 Å². The number of unbranched alkanes of at least 4 members (excludes halogenated alkanes) is 2. The first-order valence-corrected chi connectivity index (χ1v) is 10.7. The second-order valence-corrected chi connectivity index (χ2v) is 7.58. The van der Waals surface area contributed by atoms with Crippen LogP contribution in [0.1, 0.15) is 43.2 Å². The van der Waals surface area contributed by atoms with Gasteiger partial charge in [0.1, 0.15) is 33.4 Å². The Morgan fingerprint density at radius 3 is 1.49 bits per heavy atom. The molecule has 0 aliphatic heterocycles. The number of fused-ring (bicyclic) bond motifs is 2. The Bertz CT molecular complexity index is 1440. The number of benzene rings is 2. The van der Waals surface area contributed by atoms with E-state index in [0.717, 1.165) is 18.6 Å². The van der Waals surface area contributed by atoms with Crippen LogP contribution in [0, 0.1) is 0 Å². The minimum Gasteiger partial charge on any atom is -1.00 e. The van der Waals surface area contributed by atoms with Gasteiger partial charge in [-0.05, 0) is 43.5 Å². The molecule has 0 bridgehead atoms. The fraction of sp³-hybridized carbons (Fsp3) is 0.200. The van der Waals surface area contributed by atoms with Crippen molar-refractivity contribution in [2.75, 3.05) is 13.2 Å². The zero-order valence-electron chi connectivity index (χ0n) is 22.3. The molecular formula is C25H22Na2O10. The molecule has 0 saturated heterocycles. The van der Waals surface area contributed by atoms with Gasteiger partial charge in [0.15, 0.2) is 10.9 Å². The molecule has 4 aromatic rings. The third-order valence-corrected chi connectivity index (χ3v) is 5.16. The monoisotopic (exact) mass is 528 g/mol. The number of hydrogen-bond acceptors (Lipinski definition) is 8. The Morgan fingerprint density at radius 2 is 1.11 bits per heavy atom. The number of carbonyl (C=O) groups is 2. The van der Waals surface area contributed by atoms with Gasteiger partial charge in [-0.15, -0.1) is 0 Å². The summed E-state index contributed by atoms with van der Waals surface area (Å²) in [5.74, 6) is -2.91. The summed E-state index contributed by atoms with van der Waals surface area (Å²) in [6, 6.07) is 11.3.